The Kier molecular flexibility index (Phi) is 4.49. The average Bonchev–Trinajstić information content (AvgIpc) is 3.30. The van der Waals surface area contributed by atoms with Crippen LogP contribution in [-0.2, 0) is 0 Å². The lowest BCUT2D eigenvalue weighted by Gasteiger charge is -2.36. The Hall–Kier alpha value is -0.380. The van der Waals surface area contributed by atoms with E-state index in [1.165, 1.54) is 37.8 Å². The van der Waals surface area contributed by atoms with Crippen molar-refractivity contribution in [1.29, 1.82) is 0 Å². The lowest BCUT2D eigenvalue weighted by atomic mass is 9.95. The molecule has 2 aliphatic rings. The molecule has 0 radical (unpaired) electrons. The number of hydrogen-bond acceptors (Lipinski definition) is 2. The van der Waals surface area contributed by atoms with Crippen molar-refractivity contribution in [3.05, 3.63) is 34.3 Å². The van der Waals surface area contributed by atoms with Crippen molar-refractivity contribution in [3.8, 4) is 0 Å². The van der Waals surface area contributed by atoms with Gasteiger partial charge >= 0.3 is 0 Å². The van der Waals surface area contributed by atoms with E-state index in [9.17, 15) is 0 Å². The van der Waals surface area contributed by atoms with Gasteiger partial charge in [0.1, 0.15) is 0 Å². The fourth-order valence-corrected chi connectivity index (χ4v) is 3.51. The van der Waals surface area contributed by atoms with E-state index in [0.717, 1.165) is 22.9 Å². The molecule has 0 saturated heterocycles. The average molecular weight is 337 g/mol. The molecule has 2 saturated carbocycles. The number of benzene rings is 1. The van der Waals surface area contributed by atoms with Crippen molar-refractivity contribution in [2.45, 2.75) is 57.2 Å². The van der Waals surface area contributed by atoms with Gasteiger partial charge in [0.15, 0.2) is 0 Å². The molecule has 1 aromatic carbocycles. The minimum absolute atomic E-state index is 0.226. The van der Waals surface area contributed by atoms with Crippen LogP contribution in [0.15, 0.2) is 28.7 Å². The Morgan fingerprint density at radius 2 is 2.05 bits per heavy atom. The number of nitrogens with two attached hydrogens (primary N) is 1. The van der Waals surface area contributed by atoms with Crippen LogP contribution >= 0.6 is 15.9 Å². The van der Waals surface area contributed by atoms with Crippen molar-refractivity contribution in [1.82, 2.24) is 4.90 Å². The second kappa shape index (κ2) is 6.17. The summed E-state index contributed by atoms with van der Waals surface area (Å²) in [4.78, 5) is 2.72. The molecule has 0 aromatic heterocycles. The number of halogens is 1. The molecule has 2 nitrogen and oxygen atoms in total. The third-order valence-corrected chi connectivity index (χ3v) is 5.10. The van der Waals surface area contributed by atoms with Gasteiger partial charge in [0, 0.05) is 23.1 Å². The summed E-state index contributed by atoms with van der Waals surface area (Å²) in [6.07, 6.45) is 6.57. The van der Waals surface area contributed by atoms with E-state index in [4.69, 9.17) is 5.73 Å². The van der Waals surface area contributed by atoms with E-state index >= 15 is 0 Å². The Morgan fingerprint density at radius 1 is 1.30 bits per heavy atom. The molecule has 1 aromatic rings. The summed E-state index contributed by atoms with van der Waals surface area (Å²) < 4.78 is 1.16. The first-order valence-corrected chi connectivity index (χ1v) is 8.75. The second-order valence-electron chi connectivity index (χ2n) is 6.44. The summed E-state index contributed by atoms with van der Waals surface area (Å²) in [5, 5.41) is 0. The van der Waals surface area contributed by atoms with E-state index in [1.807, 2.05) is 0 Å². The van der Waals surface area contributed by atoms with Crippen LogP contribution in [0, 0.1) is 5.92 Å². The Bertz CT molecular complexity index is 454. The highest BCUT2D eigenvalue weighted by Gasteiger charge is 2.39. The van der Waals surface area contributed by atoms with Gasteiger partial charge in [-0.2, -0.15) is 0 Å². The third kappa shape index (κ3) is 3.44. The SMILES string of the molecule is CCC(N)C(c1cccc(Br)c1)N(CC1CC1)C1CC1. The molecule has 0 amide bonds. The molecule has 0 aliphatic heterocycles. The molecule has 3 rings (SSSR count). The lowest BCUT2D eigenvalue weighted by molar-refractivity contribution is 0.152. The maximum absolute atomic E-state index is 6.50. The first-order valence-electron chi connectivity index (χ1n) is 7.95. The summed E-state index contributed by atoms with van der Waals surface area (Å²) in [7, 11) is 0. The van der Waals surface area contributed by atoms with Gasteiger partial charge in [-0.15, -0.1) is 0 Å². The highest BCUT2D eigenvalue weighted by atomic mass is 79.9. The highest BCUT2D eigenvalue weighted by Crippen LogP contribution is 2.41. The van der Waals surface area contributed by atoms with Crippen LogP contribution in [0.25, 0.3) is 0 Å². The van der Waals surface area contributed by atoms with Crippen molar-refractivity contribution in [2.75, 3.05) is 6.54 Å². The van der Waals surface area contributed by atoms with Crippen LogP contribution < -0.4 is 5.73 Å². The zero-order chi connectivity index (χ0) is 14.1. The molecule has 2 atom stereocenters. The Labute approximate surface area is 130 Å². The van der Waals surface area contributed by atoms with Crippen molar-refractivity contribution in [2.24, 2.45) is 11.7 Å². The van der Waals surface area contributed by atoms with Crippen LogP contribution in [0.3, 0.4) is 0 Å². The summed E-state index contributed by atoms with van der Waals surface area (Å²) in [6.45, 7) is 3.45. The van der Waals surface area contributed by atoms with Gasteiger partial charge in [-0.1, -0.05) is 35.0 Å². The lowest BCUT2D eigenvalue weighted by Crippen LogP contribution is -2.43. The number of hydrogen-bond donors (Lipinski definition) is 1. The quantitative estimate of drug-likeness (QED) is 0.812. The fourth-order valence-electron chi connectivity index (χ4n) is 3.09. The van der Waals surface area contributed by atoms with Gasteiger partial charge in [0.05, 0.1) is 6.04 Å². The summed E-state index contributed by atoms with van der Waals surface area (Å²) in [6, 6.07) is 10.1. The summed E-state index contributed by atoms with van der Waals surface area (Å²) in [5.74, 6) is 0.925. The first kappa shape index (κ1) is 14.6. The van der Waals surface area contributed by atoms with E-state index in [0.29, 0.717) is 6.04 Å². The monoisotopic (exact) mass is 336 g/mol. The first-order chi connectivity index (χ1) is 9.69. The molecule has 2 aliphatic carbocycles. The topological polar surface area (TPSA) is 29.3 Å². The van der Waals surface area contributed by atoms with E-state index in [1.54, 1.807) is 0 Å². The maximum Gasteiger partial charge on any atom is 0.0502 e. The van der Waals surface area contributed by atoms with Gasteiger partial charge in [-0.05, 0) is 55.7 Å². The zero-order valence-electron chi connectivity index (χ0n) is 12.3. The summed E-state index contributed by atoms with van der Waals surface area (Å²) >= 11 is 3.61. The minimum atomic E-state index is 0.226. The molecule has 0 spiro atoms. The zero-order valence-corrected chi connectivity index (χ0v) is 13.8. The highest BCUT2D eigenvalue weighted by molar-refractivity contribution is 9.10. The molecule has 110 valence electrons. The van der Waals surface area contributed by atoms with Crippen LogP contribution in [0.5, 0.6) is 0 Å². The molecule has 0 heterocycles. The third-order valence-electron chi connectivity index (χ3n) is 4.61. The largest absolute Gasteiger partial charge is 0.326 e. The van der Waals surface area contributed by atoms with Gasteiger partial charge in [-0.25, -0.2) is 0 Å². The molecular formula is C17H25BrN2. The van der Waals surface area contributed by atoms with Crippen molar-refractivity contribution in [3.63, 3.8) is 0 Å². The van der Waals surface area contributed by atoms with Crippen molar-refractivity contribution >= 4 is 15.9 Å². The molecule has 20 heavy (non-hydrogen) atoms. The van der Waals surface area contributed by atoms with E-state index in [2.05, 4.69) is 52.0 Å². The molecule has 2 fully saturated rings. The molecule has 2 N–H and O–H groups in total. The molecular weight excluding hydrogens is 312 g/mol. The van der Waals surface area contributed by atoms with E-state index in [-0.39, 0.29) is 6.04 Å². The number of nitrogens with zero attached hydrogens (tertiary/aromatic N) is 1. The molecule has 2 unspecified atom stereocenters. The smallest absolute Gasteiger partial charge is 0.0502 e. The predicted molar refractivity (Wildman–Crippen MR) is 87.6 cm³/mol. The van der Waals surface area contributed by atoms with Crippen LogP contribution in [-0.4, -0.2) is 23.5 Å². The Balaban J connectivity index is 1.86. The normalized spacial score (nSPS) is 22.0. The standard InChI is InChI=1S/C17H25BrN2/c1-2-16(19)17(13-4-3-5-14(18)10-13)20(15-8-9-15)11-12-6-7-12/h3-5,10,12,15-17H,2,6-9,11,19H2,1H3. The number of rotatable bonds is 7. The molecule has 0 bridgehead atoms. The van der Waals surface area contributed by atoms with Gasteiger partial charge in [0.2, 0.25) is 0 Å². The maximum atomic E-state index is 6.50. The fraction of sp³-hybridized carbons (Fsp3) is 0.647. The Morgan fingerprint density at radius 3 is 2.60 bits per heavy atom. The van der Waals surface area contributed by atoms with Gasteiger partial charge in [0.25, 0.3) is 0 Å². The van der Waals surface area contributed by atoms with Gasteiger partial charge in [-0.3, -0.25) is 4.90 Å². The minimum Gasteiger partial charge on any atom is -0.326 e. The second-order valence-corrected chi connectivity index (χ2v) is 7.36. The van der Waals surface area contributed by atoms with E-state index < -0.39 is 0 Å². The predicted octanol–water partition coefficient (Wildman–Crippen LogP) is 4.10. The van der Waals surface area contributed by atoms with Crippen molar-refractivity contribution < 1.29 is 0 Å². The van der Waals surface area contributed by atoms with Crippen LogP contribution in [0.4, 0.5) is 0 Å². The summed E-state index contributed by atoms with van der Waals surface area (Å²) in [5.41, 5.74) is 7.88. The van der Waals surface area contributed by atoms with Crippen LogP contribution in [0.2, 0.25) is 0 Å². The van der Waals surface area contributed by atoms with Crippen LogP contribution in [0.1, 0.15) is 50.6 Å². The van der Waals surface area contributed by atoms with Gasteiger partial charge < -0.3 is 5.73 Å². The molecule has 3 heteroatoms.